The van der Waals surface area contributed by atoms with Gasteiger partial charge in [0.2, 0.25) is 5.91 Å². The smallest absolute Gasteiger partial charge is 0.324 e. The second-order valence-electron chi connectivity index (χ2n) is 4.47. The van der Waals surface area contributed by atoms with Crippen molar-refractivity contribution in [1.29, 1.82) is 0 Å². The second kappa shape index (κ2) is 11.1. The molecule has 0 fully saturated rings. The first-order chi connectivity index (χ1) is 10.7. The van der Waals surface area contributed by atoms with Gasteiger partial charge in [-0.3, -0.25) is 23.5 Å². The van der Waals surface area contributed by atoms with Crippen LogP contribution in [0.4, 0.5) is 0 Å². The zero-order valence-electron chi connectivity index (χ0n) is 12.6. The van der Waals surface area contributed by atoms with E-state index in [1.807, 2.05) is 0 Å². The second-order valence-corrected chi connectivity index (χ2v) is 6.11. The van der Waals surface area contributed by atoms with Gasteiger partial charge in [-0.15, -0.1) is 0 Å². The van der Waals surface area contributed by atoms with Gasteiger partial charge in [-0.25, -0.2) is 0 Å². The Morgan fingerprint density at radius 2 is 1.91 bits per heavy atom. The third-order valence-electron chi connectivity index (χ3n) is 2.63. The topological polar surface area (TPSA) is 150 Å². The van der Waals surface area contributed by atoms with Crippen LogP contribution in [0, 0.1) is 0 Å². The number of nitrogens with one attached hydrogen (secondary N) is 1. The lowest BCUT2D eigenvalue weighted by Gasteiger charge is -2.24. The maximum atomic E-state index is 12.2. The van der Waals surface area contributed by atoms with Gasteiger partial charge in [-0.05, 0) is 18.4 Å². The molecule has 0 heterocycles. The van der Waals surface area contributed by atoms with E-state index in [0.29, 0.717) is 5.75 Å². The van der Waals surface area contributed by atoms with Gasteiger partial charge in [-0.1, -0.05) is 6.92 Å². The number of carbonyl (C=O) groups excluding carboxylic acids is 2. The molecule has 0 aromatic rings. The molecule has 0 spiro atoms. The maximum Gasteiger partial charge on any atom is 0.324 e. The van der Waals surface area contributed by atoms with Crippen LogP contribution >= 0.6 is 24.6 Å². The molecule has 0 bridgehead atoms. The summed E-state index contributed by atoms with van der Waals surface area (Å²) in [5, 5.41) is 19.9. The number of hydrogen-bond donors (Lipinski definition) is 5. The average Bonchev–Trinajstić information content (AvgIpc) is 2.48. The predicted octanol–water partition coefficient (Wildman–Crippen LogP) is -0.826. The largest absolute Gasteiger partial charge is 0.480 e. The maximum absolute atomic E-state index is 12.2. The molecule has 0 aromatic carbocycles. The van der Waals surface area contributed by atoms with Crippen LogP contribution in [-0.4, -0.2) is 68.4 Å². The standard InChI is InChI=1S/C12H21N3O6S2/c1-2-23-15(5-10(17)18)11(19)8(6-22)14-9(16)4-3-7(13)12(20)21/h7-8,22H,2-6,13H2,1H3,(H,14,16)(H,17,18)(H,20,21). The van der Waals surface area contributed by atoms with Gasteiger partial charge in [0.1, 0.15) is 18.6 Å². The van der Waals surface area contributed by atoms with Gasteiger partial charge in [0.25, 0.3) is 5.91 Å². The molecule has 0 aromatic heterocycles. The van der Waals surface area contributed by atoms with Crippen molar-refractivity contribution in [3.8, 4) is 0 Å². The Bertz CT molecular complexity index is 449. The number of nitrogens with zero attached hydrogens (tertiary/aromatic N) is 1. The van der Waals surface area contributed by atoms with Crippen molar-refractivity contribution >= 4 is 48.3 Å². The van der Waals surface area contributed by atoms with E-state index in [9.17, 15) is 19.2 Å². The van der Waals surface area contributed by atoms with E-state index < -0.39 is 42.4 Å². The SMILES string of the molecule is CCSN(CC(=O)O)C(=O)C(CS)NC(=O)CCC(N)C(=O)O. The Kier molecular flexibility index (Phi) is 10.4. The van der Waals surface area contributed by atoms with Crippen LogP contribution in [0.15, 0.2) is 0 Å². The van der Waals surface area contributed by atoms with Gasteiger partial charge < -0.3 is 21.3 Å². The highest BCUT2D eigenvalue weighted by Gasteiger charge is 2.27. The number of carbonyl (C=O) groups is 4. The Hall–Kier alpha value is -1.46. The van der Waals surface area contributed by atoms with Gasteiger partial charge in [0.15, 0.2) is 0 Å². The van der Waals surface area contributed by atoms with Crippen molar-refractivity contribution in [1.82, 2.24) is 9.62 Å². The number of hydrogen-bond acceptors (Lipinski definition) is 7. The molecule has 2 unspecified atom stereocenters. The lowest BCUT2D eigenvalue weighted by Crippen LogP contribution is -2.49. The van der Waals surface area contributed by atoms with Crippen LogP contribution in [0.5, 0.6) is 0 Å². The molecular formula is C12H21N3O6S2. The molecule has 11 heteroatoms. The summed E-state index contributed by atoms with van der Waals surface area (Å²) < 4.78 is 1.05. The Labute approximate surface area is 143 Å². The molecule has 0 saturated carbocycles. The third-order valence-corrected chi connectivity index (χ3v) is 3.87. The molecule has 9 nitrogen and oxygen atoms in total. The van der Waals surface area contributed by atoms with Crippen molar-refractivity contribution in [3.63, 3.8) is 0 Å². The Balaban J connectivity index is 4.65. The number of nitrogens with two attached hydrogens (primary N) is 1. The van der Waals surface area contributed by atoms with Crippen LogP contribution in [0.2, 0.25) is 0 Å². The van der Waals surface area contributed by atoms with Crippen molar-refractivity contribution in [2.75, 3.05) is 18.1 Å². The highest BCUT2D eigenvalue weighted by atomic mass is 32.2. The molecule has 132 valence electrons. The first-order valence-corrected chi connectivity index (χ1v) is 8.35. The van der Waals surface area contributed by atoms with Crippen LogP contribution in [-0.2, 0) is 19.2 Å². The molecule has 5 N–H and O–H groups in total. The molecule has 0 aliphatic carbocycles. The molecular weight excluding hydrogens is 346 g/mol. The number of rotatable bonds is 11. The lowest BCUT2D eigenvalue weighted by molar-refractivity contribution is -0.141. The molecule has 0 rings (SSSR count). The number of aliphatic carboxylic acids is 2. The number of thiol groups is 1. The van der Waals surface area contributed by atoms with E-state index in [0.717, 1.165) is 16.3 Å². The summed E-state index contributed by atoms with van der Waals surface area (Å²) in [6, 6.07) is -2.16. The summed E-state index contributed by atoms with van der Waals surface area (Å²) in [5.74, 6) is -3.05. The zero-order chi connectivity index (χ0) is 18.0. The first kappa shape index (κ1) is 21.5. The Morgan fingerprint density at radius 3 is 2.35 bits per heavy atom. The minimum absolute atomic E-state index is 0.0179. The Morgan fingerprint density at radius 1 is 1.30 bits per heavy atom. The third kappa shape index (κ3) is 8.67. The summed E-state index contributed by atoms with van der Waals surface area (Å²) in [4.78, 5) is 45.4. The first-order valence-electron chi connectivity index (χ1n) is 6.77. The van der Waals surface area contributed by atoms with E-state index in [2.05, 4.69) is 17.9 Å². The van der Waals surface area contributed by atoms with E-state index in [1.165, 1.54) is 0 Å². The van der Waals surface area contributed by atoms with Gasteiger partial charge >= 0.3 is 11.9 Å². The number of carboxylic acid groups (broad SMARTS) is 2. The quantitative estimate of drug-likeness (QED) is 0.235. The van der Waals surface area contributed by atoms with Crippen molar-refractivity contribution < 1.29 is 29.4 Å². The van der Waals surface area contributed by atoms with Crippen LogP contribution < -0.4 is 11.1 Å². The van der Waals surface area contributed by atoms with Gasteiger partial charge in [0.05, 0.1) is 0 Å². The van der Waals surface area contributed by atoms with Crippen molar-refractivity contribution in [2.24, 2.45) is 5.73 Å². The monoisotopic (exact) mass is 367 g/mol. The zero-order valence-corrected chi connectivity index (χ0v) is 14.3. The summed E-state index contributed by atoms with van der Waals surface area (Å²) in [6.45, 7) is 1.26. The summed E-state index contributed by atoms with van der Waals surface area (Å²) in [6.07, 6.45) is -0.234. The fourth-order valence-corrected chi connectivity index (χ4v) is 2.52. The van der Waals surface area contributed by atoms with Crippen molar-refractivity contribution in [3.05, 3.63) is 0 Å². The normalized spacial score (nSPS) is 13.0. The summed E-state index contributed by atoms with van der Waals surface area (Å²) in [5.41, 5.74) is 5.29. The van der Waals surface area contributed by atoms with Crippen LogP contribution in [0.3, 0.4) is 0 Å². The predicted molar refractivity (Wildman–Crippen MR) is 88.1 cm³/mol. The highest BCUT2D eigenvalue weighted by Crippen LogP contribution is 2.12. The summed E-state index contributed by atoms with van der Waals surface area (Å²) in [7, 11) is 0. The highest BCUT2D eigenvalue weighted by molar-refractivity contribution is 7.97. The van der Waals surface area contributed by atoms with Crippen LogP contribution in [0.1, 0.15) is 19.8 Å². The van der Waals surface area contributed by atoms with Crippen LogP contribution in [0.25, 0.3) is 0 Å². The number of amides is 2. The minimum atomic E-state index is -1.22. The van der Waals surface area contributed by atoms with E-state index in [4.69, 9.17) is 15.9 Å². The van der Waals surface area contributed by atoms with Gasteiger partial charge in [0, 0.05) is 17.9 Å². The molecule has 0 aliphatic heterocycles. The van der Waals surface area contributed by atoms with E-state index in [-0.39, 0.29) is 18.6 Å². The molecule has 0 saturated heterocycles. The fraction of sp³-hybridized carbons (Fsp3) is 0.667. The molecule has 23 heavy (non-hydrogen) atoms. The molecule has 0 aliphatic rings. The minimum Gasteiger partial charge on any atom is -0.480 e. The summed E-state index contributed by atoms with van der Waals surface area (Å²) >= 11 is 5.01. The molecule has 2 atom stereocenters. The fourth-order valence-electron chi connectivity index (χ4n) is 1.50. The van der Waals surface area contributed by atoms with E-state index in [1.54, 1.807) is 6.92 Å². The lowest BCUT2D eigenvalue weighted by atomic mass is 10.1. The average molecular weight is 367 g/mol. The van der Waals surface area contributed by atoms with Crippen molar-refractivity contribution in [2.45, 2.75) is 31.8 Å². The van der Waals surface area contributed by atoms with Gasteiger partial charge in [-0.2, -0.15) is 12.6 Å². The molecule has 0 radical (unpaired) electrons. The number of carboxylic acids is 2. The molecule has 2 amide bonds. The van der Waals surface area contributed by atoms with E-state index >= 15 is 0 Å².